The lowest BCUT2D eigenvalue weighted by atomic mass is 9.79. The van der Waals surface area contributed by atoms with Gasteiger partial charge >= 0.3 is 0 Å². The van der Waals surface area contributed by atoms with Crippen molar-refractivity contribution in [1.82, 2.24) is 4.90 Å². The zero-order chi connectivity index (χ0) is 17.0. The summed E-state index contributed by atoms with van der Waals surface area (Å²) in [4.78, 5) is 14.0. The number of amides is 1. The van der Waals surface area contributed by atoms with E-state index in [9.17, 15) is 4.79 Å². The number of allylic oxidation sites excluding steroid dienone is 3. The Morgan fingerprint density at radius 2 is 2.08 bits per heavy atom. The van der Waals surface area contributed by atoms with E-state index in [0.717, 1.165) is 29.9 Å². The Hall–Kier alpha value is -2.49. The smallest absolute Gasteiger partial charge is 0.246 e. The molecule has 4 nitrogen and oxygen atoms in total. The van der Waals surface area contributed by atoms with Crippen LogP contribution in [0.5, 0.6) is 0 Å². The fourth-order valence-corrected chi connectivity index (χ4v) is 2.86. The fourth-order valence-electron chi connectivity index (χ4n) is 2.86. The van der Waals surface area contributed by atoms with E-state index in [2.05, 4.69) is 13.0 Å². The van der Waals surface area contributed by atoms with Crippen LogP contribution in [-0.4, -0.2) is 31.2 Å². The lowest BCUT2D eigenvalue weighted by Gasteiger charge is -2.30. The Morgan fingerprint density at radius 3 is 2.88 bits per heavy atom. The number of hydrogen-bond acceptors (Lipinski definition) is 3. The Labute approximate surface area is 143 Å². The number of carbonyl (C=O) groups is 1. The first-order valence-electron chi connectivity index (χ1n) is 8.22. The number of nitrogens with zero attached hydrogens (tertiary/aromatic N) is 1. The van der Waals surface area contributed by atoms with Gasteiger partial charge in [-0.25, -0.2) is 0 Å². The molecule has 1 aromatic rings. The number of benzene rings is 1. The van der Waals surface area contributed by atoms with Crippen molar-refractivity contribution in [3.05, 3.63) is 65.6 Å². The van der Waals surface area contributed by atoms with E-state index < -0.39 is 0 Å². The van der Waals surface area contributed by atoms with E-state index in [-0.39, 0.29) is 11.3 Å². The van der Waals surface area contributed by atoms with Crippen LogP contribution in [0.3, 0.4) is 0 Å². The highest BCUT2D eigenvalue weighted by atomic mass is 16.7. The van der Waals surface area contributed by atoms with Gasteiger partial charge in [-0.05, 0) is 29.6 Å². The summed E-state index contributed by atoms with van der Waals surface area (Å²) in [5.74, 6) is 1.79. The molecule has 0 N–H and O–H groups in total. The van der Waals surface area contributed by atoms with Crippen LogP contribution < -0.4 is 0 Å². The van der Waals surface area contributed by atoms with Crippen molar-refractivity contribution in [3.8, 4) is 0 Å². The maximum Gasteiger partial charge on any atom is 0.246 e. The summed E-state index contributed by atoms with van der Waals surface area (Å²) in [7, 11) is 1.84. The minimum Gasteiger partial charge on any atom is -0.458 e. The van der Waals surface area contributed by atoms with E-state index in [0.29, 0.717) is 13.3 Å². The van der Waals surface area contributed by atoms with Crippen LogP contribution in [0.1, 0.15) is 25.3 Å². The molecule has 2 aliphatic rings. The van der Waals surface area contributed by atoms with Crippen molar-refractivity contribution in [2.45, 2.75) is 19.8 Å². The van der Waals surface area contributed by atoms with Crippen molar-refractivity contribution in [2.24, 2.45) is 5.41 Å². The Kier molecular flexibility index (Phi) is 4.74. The number of carbonyl (C=O) groups excluding carboxylic acids is 1. The zero-order valence-corrected chi connectivity index (χ0v) is 14.2. The van der Waals surface area contributed by atoms with Gasteiger partial charge in [0.05, 0.1) is 0 Å². The van der Waals surface area contributed by atoms with Gasteiger partial charge in [0.25, 0.3) is 0 Å². The molecule has 1 heterocycles. The molecule has 0 aromatic heterocycles. The Balaban J connectivity index is 1.52. The molecule has 1 aliphatic heterocycles. The summed E-state index contributed by atoms with van der Waals surface area (Å²) >= 11 is 0. The summed E-state index contributed by atoms with van der Waals surface area (Å²) in [6.07, 6.45) is 9.33. The van der Waals surface area contributed by atoms with Gasteiger partial charge in [-0.3, -0.25) is 4.79 Å². The molecule has 0 bridgehead atoms. The predicted molar refractivity (Wildman–Crippen MR) is 93.7 cm³/mol. The second-order valence-electron chi connectivity index (χ2n) is 6.61. The highest BCUT2D eigenvalue weighted by molar-refractivity contribution is 5.91. The molecule has 126 valence electrons. The second kappa shape index (κ2) is 6.95. The van der Waals surface area contributed by atoms with Gasteiger partial charge in [-0.15, -0.1) is 0 Å². The Bertz CT molecular complexity index is 690. The summed E-state index contributed by atoms with van der Waals surface area (Å²) < 4.78 is 10.9. The maximum absolute atomic E-state index is 12.2. The molecule has 24 heavy (non-hydrogen) atoms. The zero-order valence-electron chi connectivity index (χ0n) is 14.2. The first-order valence-corrected chi connectivity index (χ1v) is 8.22. The van der Waals surface area contributed by atoms with Gasteiger partial charge in [0.15, 0.2) is 5.76 Å². The SMILES string of the molecule is CN(CC[C@@]1(C)C=CC2=C(C1)OCO2)C(=O)/C=C/c1ccccc1. The molecule has 1 amide bonds. The largest absolute Gasteiger partial charge is 0.458 e. The normalized spacial score (nSPS) is 22.2. The van der Waals surface area contributed by atoms with Crippen LogP contribution in [-0.2, 0) is 14.3 Å². The van der Waals surface area contributed by atoms with Crippen LogP contribution in [0.15, 0.2) is 60.1 Å². The van der Waals surface area contributed by atoms with Crippen molar-refractivity contribution >= 4 is 12.0 Å². The van der Waals surface area contributed by atoms with Crippen molar-refractivity contribution in [3.63, 3.8) is 0 Å². The molecule has 1 aliphatic carbocycles. The van der Waals surface area contributed by atoms with Crippen LogP contribution in [0.4, 0.5) is 0 Å². The minimum atomic E-state index is -0.00970. The first kappa shape index (κ1) is 16.4. The van der Waals surface area contributed by atoms with Crippen molar-refractivity contribution in [2.75, 3.05) is 20.4 Å². The van der Waals surface area contributed by atoms with E-state index >= 15 is 0 Å². The number of ether oxygens (including phenoxy) is 2. The molecular formula is C20H23NO3. The summed E-state index contributed by atoms with van der Waals surface area (Å²) in [5, 5.41) is 0. The van der Waals surface area contributed by atoms with Crippen LogP contribution in [0, 0.1) is 5.41 Å². The van der Waals surface area contributed by atoms with Gasteiger partial charge in [0, 0.05) is 26.1 Å². The minimum absolute atomic E-state index is 0.00970. The number of likely N-dealkylation sites (N-methyl/N-ethyl adjacent to an activating group) is 1. The molecule has 0 radical (unpaired) electrons. The topological polar surface area (TPSA) is 38.8 Å². The predicted octanol–water partition coefficient (Wildman–Crippen LogP) is 3.73. The van der Waals surface area contributed by atoms with Crippen LogP contribution >= 0.6 is 0 Å². The molecular weight excluding hydrogens is 302 g/mol. The van der Waals surface area contributed by atoms with E-state index in [4.69, 9.17) is 9.47 Å². The molecule has 0 saturated heterocycles. The third kappa shape index (κ3) is 3.88. The summed E-state index contributed by atoms with van der Waals surface area (Å²) in [6.45, 7) is 3.20. The molecule has 0 fully saturated rings. The summed E-state index contributed by atoms with van der Waals surface area (Å²) in [5.41, 5.74) is 1.02. The van der Waals surface area contributed by atoms with Crippen molar-refractivity contribution < 1.29 is 14.3 Å². The standard InChI is InChI=1S/C20H23NO3/c1-20(11-10-17-18(14-20)24-15-23-17)12-13-21(2)19(22)9-8-16-6-4-3-5-7-16/h3-11H,12-15H2,1-2H3/b9-8+/t20-/m1/s1. The fraction of sp³-hybridized carbons (Fsp3) is 0.350. The summed E-state index contributed by atoms with van der Waals surface area (Å²) in [6, 6.07) is 9.84. The lowest BCUT2D eigenvalue weighted by Crippen LogP contribution is -2.30. The van der Waals surface area contributed by atoms with Gasteiger partial charge in [-0.2, -0.15) is 0 Å². The van der Waals surface area contributed by atoms with Crippen LogP contribution in [0.2, 0.25) is 0 Å². The number of hydrogen-bond donors (Lipinski definition) is 0. The molecule has 1 atom stereocenters. The quantitative estimate of drug-likeness (QED) is 0.774. The van der Waals surface area contributed by atoms with Gasteiger partial charge < -0.3 is 14.4 Å². The number of rotatable bonds is 5. The third-order valence-corrected chi connectivity index (χ3v) is 4.54. The second-order valence-corrected chi connectivity index (χ2v) is 6.61. The molecule has 0 spiro atoms. The highest BCUT2D eigenvalue weighted by Crippen LogP contribution is 2.39. The van der Waals surface area contributed by atoms with Gasteiger partial charge in [0.2, 0.25) is 12.7 Å². The van der Waals surface area contributed by atoms with Gasteiger partial charge in [-0.1, -0.05) is 43.3 Å². The van der Waals surface area contributed by atoms with Crippen molar-refractivity contribution in [1.29, 1.82) is 0 Å². The maximum atomic E-state index is 12.2. The average Bonchev–Trinajstić information content (AvgIpc) is 3.05. The third-order valence-electron chi connectivity index (χ3n) is 4.54. The highest BCUT2D eigenvalue weighted by Gasteiger charge is 2.31. The van der Waals surface area contributed by atoms with E-state index in [1.807, 2.05) is 49.5 Å². The van der Waals surface area contributed by atoms with E-state index in [1.54, 1.807) is 11.0 Å². The molecule has 3 rings (SSSR count). The molecule has 0 saturated carbocycles. The average molecular weight is 325 g/mol. The molecule has 0 unspecified atom stereocenters. The Morgan fingerprint density at radius 1 is 1.29 bits per heavy atom. The van der Waals surface area contributed by atoms with Crippen LogP contribution in [0.25, 0.3) is 6.08 Å². The van der Waals surface area contributed by atoms with E-state index in [1.165, 1.54) is 0 Å². The lowest BCUT2D eigenvalue weighted by molar-refractivity contribution is -0.124. The van der Waals surface area contributed by atoms with Gasteiger partial charge in [0.1, 0.15) is 5.76 Å². The molecule has 1 aromatic carbocycles. The molecule has 4 heteroatoms. The first-order chi connectivity index (χ1) is 11.6. The monoisotopic (exact) mass is 325 g/mol.